The number of hydrogen-bond acceptors (Lipinski definition) is 3. The molecule has 1 aliphatic heterocycles. The zero-order valence-electron chi connectivity index (χ0n) is 13.3. The van der Waals surface area contributed by atoms with Gasteiger partial charge < -0.3 is 9.84 Å². The fraction of sp³-hybridized carbons (Fsp3) is 0.882. The number of nitrogens with zero attached hydrogens (tertiary/aromatic N) is 1. The predicted molar refractivity (Wildman–Crippen MR) is 78.4 cm³/mol. The van der Waals surface area contributed by atoms with Gasteiger partial charge in [0, 0.05) is 5.92 Å². The third-order valence-electron chi connectivity index (χ3n) is 7.08. The summed E-state index contributed by atoms with van der Waals surface area (Å²) in [6.07, 6.45) is 1.85. The summed E-state index contributed by atoms with van der Waals surface area (Å²) in [6, 6.07) is 0. The zero-order valence-corrected chi connectivity index (χ0v) is 13.3. The Labute approximate surface area is 126 Å². The fourth-order valence-corrected chi connectivity index (χ4v) is 5.75. The Balaban J connectivity index is 1.83. The second kappa shape index (κ2) is 4.17. The molecule has 4 saturated carbocycles. The molecular weight excluding hydrogens is 266 g/mol. The first-order chi connectivity index (χ1) is 9.87. The van der Waals surface area contributed by atoms with Crippen molar-refractivity contribution in [2.24, 2.45) is 29.1 Å². The van der Waals surface area contributed by atoms with Gasteiger partial charge >= 0.3 is 0 Å². The van der Waals surface area contributed by atoms with Gasteiger partial charge in [0.2, 0.25) is 0 Å². The molecule has 1 N–H and O–H groups in total. The maximum Gasteiger partial charge on any atom is 0.166 e. The molecule has 5 fully saturated rings. The summed E-state index contributed by atoms with van der Waals surface area (Å²) in [7, 11) is 0. The van der Waals surface area contributed by atoms with Gasteiger partial charge in [0.1, 0.15) is 13.2 Å². The minimum absolute atomic E-state index is 0.0493. The van der Waals surface area contributed by atoms with Crippen LogP contribution < -0.4 is 0 Å². The topological polar surface area (TPSA) is 49.5 Å². The molecule has 0 spiro atoms. The molecule has 5 aliphatic rings. The van der Waals surface area contributed by atoms with Crippen LogP contribution in [0.4, 0.5) is 0 Å². The van der Waals surface area contributed by atoms with E-state index < -0.39 is 5.60 Å². The standard InChI is InChI=1S/C17H26NO3/c1-10-11-8-16(2)9-12(15(19)13(10)17(16,3)20)14(11)18-4-6-21-7-5-18/h10-13,20H,4-9H2,1-3H3/q+1/t10?,11-,12-,13+,16-,17?/m0/s1. The van der Waals surface area contributed by atoms with Crippen molar-refractivity contribution < 1.29 is 19.2 Å². The average molecular weight is 292 g/mol. The van der Waals surface area contributed by atoms with Gasteiger partial charge in [-0.2, -0.15) is 0 Å². The van der Waals surface area contributed by atoms with E-state index in [1.807, 2.05) is 6.92 Å². The molecule has 21 heavy (non-hydrogen) atoms. The zero-order chi connectivity index (χ0) is 15.0. The van der Waals surface area contributed by atoms with Crippen molar-refractivity contribution in [2.75, 3.05) is 26.3 Å². The normalized spacial score (nSPS) is 52.7. The Morgan fingerprint density at radius 3 is 2.57 bits per heavy atom. The van der Waals surface area contributed by atoms with Crippen molar-refractivity contribution in [1.29, 1.82) is 0 Å². The summed E-state index contributed by atoms with van der Waals surface area (Å²) in [5, 5.41) is 11.0. The molecule has 4 aliphatic carbocycles. The van der Waals surface area contributed by atoms with Crippen molar-refractivity contribution >= 4 is 11.5 Å². The lowest BCUT2D eigenvalue weighted by atomic mass is 9.40. The number of hydrogen-bond donors (Lipinski definition) is 1. The number of ether oxygens (including phenoxy) is 1. The molecule has 0 aromatic heterocycles. The third kappa shape index (κ3) is 1.58. The van der Waals surface area contributed by atoms with E-state index in [1.54, 1.807) is 0 Å². The number of aliphatic hydroxyl groups is 1. The van der Waals surface area contributed by atoms with E-state index in [1.165, 1.54) is 5.71 Å². The summed E-state index contributed by atoms with van der Waals surface area (Å²) in [5.74, 6) is 0.894. The number of ketones is 1. The smallest absolute Gasteiger partial charge is 0.166 e. The van der Waals surface area contributed by atoms with Gasteiger partial charge in [-0.05, 0) is 31.1 Å². The molecule has 4 nitrogen and oxygen atoms in total. The molecule has 0 radical (unpaired) electrons. The van der Waals surface area contributed by atoms with Crippen LogP contribution in [0.2, 0.25) is 0 Å². The second-order valence-electron chi connectivity index (χ2n) is 8.04. The van der Waals surface area contributed by atoms with Crippen molar-refractivity contribution in [1.82, 2.24) is 0 Å². The molecule has 2 unspecified atom stereocenters. The van der Waals surface area contributed by atoms with Gasteiger partial charge in [0.05, 0.1) is 17.4 Å². The van der Waals surface area contributed by atoms with Crippen LogP contribution in [0.15, 0.2) is 0 Å². The van der Waals surface area contributed by atoms with Gasteiger partial charge in [0.15, 0.2) is 24.6 Å². The van der Waals surface area contributed by atoms with Gasteiger partial charge in [-0.25, -0.2) is 4.58 Å². The maximum absolute atomic E-state index is 13.0. The monoisotopic (exact) mass is 292 g/mol. The highest BCUT2D eigenvalue weighted by Gasteiger charge is 2.71. The lowest BCUT2D eigenvalue weighted by molar-refractivity contribution is -0.555. The summed E-state index contributed by atoms with van der Waals surface area (Å²) < 4.78 is 7.89. The molecule has 0 aromatic rings. The maximum atomic E-state index is 13.0. The molecule has 0 aromatic carbocycles. The Kier molecular flexibility index (Phi) is 2.76. The molecule has 1 heterocycles. The van der Waals surface area contributed by atoms with Crippen LogP contribution in [0.25, 0.3) is 0 Å². The number of Topliss-reactive ketones (excluding diaryl/α,β-unsaturated/α-hetero) is 1. The Morgan fingerprint density at radius 1 is 1.24 bits per heavy atom. The Hall–Kier alpha value is -0.740. The fourth-order valence-electron chi connectivity index (χ4n) is 5.75. The van der Waals surface area contributed by atoms with E-state index in [0.717, 1.165) is 39.1 Å². The molecule has 1 saturated heterocycles. The van der Waals surface area contributed by atoms with Crippen molar-refractivity contribution in [3.05, 3.63) is 0 Å². The largest absolute Gasteiger partial charge is 0.389 e. The summed E-state index contributed by atoms with van der Waals surface area (Å²) in [4.78, 5) is 13.0. The average Bonchev–Trinajstić information content (AvgIpc) is 2.44. The number of carbonyl (C=O) groups is 1. The minimum Gasteiger partial charge on any atom is -0.389 e. The lowest BCUT2D eigenvalue weighted by Crippen LogP contribution is -2.72. The van der Waals surface area contributed by atoms with Crippen LogP contribution >= 0.6 is 0 Å². The first kappa shape index (κ1) is 13.9. The van der Waals surface area contributed by atoms with Crippen LogP contribution in [0.1, 0.15) is 33.6 Å². The van der Waals surface area contributed by atoms with Gasteiger partial charge in [0.25, 0.3) is 0 Å². The summed E-state index contributed by atoms with van der Waals surface area (Å²) >= 11 is 0. The van der Waals surface area contributed by atoms with Crippen LogP contribution in [0, 0.1) is 29.1 Å². The van der Waals surface area contributed by atoms with E-state index >= 15 is 0 Å². The van der Waals surface area contributed by atoms with Crippen molar-refractivity contribution in [3.8, 4) is 0 Å². The van der Waals surface area contributed by atoms with Crippen molar-refractivity contribution in [3.63, 3.8) is 0 Å². The van der Waals surface area contributed by atoms with Gasteiger partial charge in [-0.3, -0.25) is 4.79 Å². The van der Waals surface area contributed by atoms with E-state index in [0.29, 0.717) is 11.7 Å². The van der Waals surface area contributed by atoms with Crippen LogP contribution in [-0.4, -0.2) is 53.1 Å². The Morgan fingerprint density at radius 2 is 1.90 bits per heavy atom. The third-order valence-corrected chi connectivity index (χ3v) is 7.08. The minimum atomic E-state index is -0.840. The number of rotatable bonds is 0. The van der Waals surface area contributed by atoms with Crippen molar-refractivity contribution in [2.45, 2.75) is 39.2 Å². The van der Waals surface area contributed by atoms with E-state index in [9.17, 15) is 9.90 Å². The number of morpholine rings is 1. The molecule has 6 atom stereocenters. The molecule has 5 rings (SSSR count). The summed E-state index contributed by atoms with van der Waals surface area (Å²) in [6.45, 7) is 9.63. The van der Waals surface area contributed by atoms with E-state index in [2.05, 4.69) is 18.4 Å². The first-order valence-electron chi connectivity index (χ1n) is 8.32. The quantitative estimate of drug-likeness (QED) is 0.680. The predicted octanol–water partition coefficient (Wildman–Crippen LogP) is 1.10. The lowest BCUT2D eigenvalue weighted by Gasteiger charge is -2.63. The highest BCUT2D eigenvalue weighted by atomic mass is 16.5. The summed E-state index contributed by atoms with van der Waals surface area (Å²) in [5.41, 5.74) is 0.427. The molecular formula is C17H26NO3+. The molecule has 0 amide bonds. The van der Waals surface area contributed by atoms with Crippen LogP contribution in [-0.2, 0) is 9.53 Å². The molecule has 4 heteroatoms. The van der Waals surface area contributed by atoms with E-state index in [4.69, 9.17) is 4.74 Å². The van der Waals surface area contributed by atoms with Crippen LogP contribution in [0.5, 0.6) is 0 Å². The SMILES string of the molecule is CC1[C@@H]2C[C@@]3(C)C[C@H](C(=O)[C@@H]1C3(C)O)C2=[N+]1CCOCC1. The first-order valence-corrected chi connectivity index (χ1v) is 8.32. The molecule has 116 valence electrons. The second-order valence-corrected chi connectivity index (χ2v) is 8.04. The highest BCUT2D eigenvalue weighted by Crippen LogP contribution is 2.63. The van der Waals surface area contributed by atoms with Gasteiger partial charge in [-0.1, -0.05) is 13.8 Å². The van der Waals surface area contributed by atoms with Crippen LogP contribution in [0.3, 0.4) is 0 Å². The van der Waals surface area contributed by atoms with Gasteiger partial charge in [-0.15, -0.1) is 0 Å². The number of carbonyl (C=O) groups excluding carboxylic acids is 1. The van der Waals surface area contributed by atoms with E-state index in [-0.39, 0.29) is 23.2 Å². The Bertz CT molecular complexity index is 530. The molecule has 4 bridgehead atoms. The highest BCUT2D eigenvalue weighted by molar-refractivity contribution is 6.09.